The topological polar surface area (TPSA) is 55.1 Å². The van der Waals surface area contributed by atoms with Crippen molar-refractivity contribution in [2.75, 3.05) is 0 Å². The van der Waals surface area contributed by atoms with Crippen LogP contribution in [0, 0.1) is 17.8 Å². The van der Waals surface area contributed by atoms with Crippen LogP contribution in [0.25, 0.3) is 0 Å². The van der Waals surface area contributed by atoms with Gasteiger partial charge in [-0.3, -0.25) is 4.79 Å². The highest BCUT2D eigenvalue weighted by Gasteiger charge is 2.42. The van der Waals surface area contributed by atoms with Crippen molar-refractivity contribution < 1.29 is 4.79 Å². The zero-order chi connectivity index (χ0) is 11.7. The number of hydrogen-bond acceptors (Lipinski definition) is 2. The van der Waals surface area contributed by atoms with Gasteiger partial charge in [-0.05, 0) is 43.4 Å². The molecule has 0 heterocycles. The van der Waals surface area contributed by atoms with Crippen LogP contribution >= 0.6 is 0 Å². The summed E-state index contributed by atoms with van der Waals surface area (Å²) in [6.07, 6.45) is 6.13. The molecule has 2 atom stereocenters. The summed E-state index contributed by atoms with van der Waals surface area (Å²) in [4.78, 5) is 12.0. The summed E-state index contributed by atoms with van der Waals surface area (Å²) in [5.41, 5.74) is 5.95. The number of nitrogens with two attached hydrogens (primary N) is 1. The number of rotatable bonds is 6. The Bertz CT molecular complexity index is 247. The summed E-state index contributed by atoms with van der Waals surface area (Å²) in [6, 6.07) is 0.104. The van der Waals surface area contributed by atoms with Gasteiger partial charge in [-0.1, -0.05) is 20.3 Å². The Morgan fingerprint density at radius 3 is 2.19 bits per heavy atom. The molecule has 3 N–H and O–H groups in total. The number of carbonyl (C=O) groups excluding carboxylic acids is 1. The summed E-state index contributed by atoms with van der Waals surface area (Å²) in [6.45, 7) is 4.13. The van der Waals surface area contributed by atoms with E-state index in [0.717, 1.165) is 18.3 Å². The Hall–Kier alpha value is -0.570. The molecule has 0 aromatic rings. The van der Waals surface area contributed by atoms with Crippen LogP contribution in [0.1, 0.15) is 46.0 Å². The van der Waals surface area contributed by atoms with Crippen LogP contribution in [-0.2, 0) is 4.79 Å². The van der Waals surface area contributed by atoms with Crippen molar-refractivity contribution in [1.29, 1.82) is 0 Å². The molecule has 0 radical (unpaired) electrons. The molecular weight excluding hydrogens is 200 g/mol. The van der Waals surface area contributed by atoms with Gasteiger partial charge in [0.1, 0.15) is 0 Å². The van der Waals surface area contributed by atoms with Crippen molar-refractivity contribution in [1.82, 2.24) is 5.32 Å². The van der Waals surface area contributed by atoms with Gasteiger partial charge >= 0.3 is 0 Å². The summed E-state index contributed by atoms with van der Waals surface area (Å²) in [5.74, 6) is 1.85. The van der Waals surface area contributed by atoms with Crippen molar-refractivity contribution in [3.05, 3.63) is 0 Å². The SMILES string of the molecule is CCC(C)[C@H](N)C(=O)NC(C1CC1)C1CC1. The maximum atomic E-state index is 12.0. The van der Waals surface area contributed by atoms with Gasteiger partial charge in [0.2, 0.25) is 5.91 Å². The number of hydrogen-bond donors (Lipinski definition) is 2. The Morgan fingerprint density at radius 2 is 1.81 bits per heavy atom. The first kappa shape index (κ1) is 11.9. The van der Waals surface area contributed by atoms with Crippen LogP contribution in [0.4, 0.5) is 0 Å². The van der Waals surface area contributed by atoms with Gasteiger partial charge in [0.15, 0.2) is 0 Å². The molecule has 0 aromatic carbocycles. The molecule has 0 saturated heterocycles. The number of carbonyl (C=O) groups is 1. The quantitative estimate of drug-likeness (QED) is 0.721. The van der Waals surface area contributed by atoms with Crippen molar-refractivity contribution in [3.63, 3.8) is 0 Å². The van der Waals surface area contributed by atoms with Crippen LogP contribution in [0.2, 0.25) is 0 Å². The van der Waals surface area contributed by atoms with Gasteiger partial charge in [0.25, 0.3) is 0 Å². The van der Waals surface area contributed by atoms with E-state index < -0.39 is 0 Å². The van der Waals surface area contributed by atoms with E-state index in [1.165, 1.54) is 25.7 Å². The normalized spacial score (nSPS) is 24.2. The van der Waals surface area contributed by atoms with E-state index >= 15 is 0 Å². The average Bonchev–Trinajstić information content (AvgIpc) is 3.15. The highest BCUT2D eigenvalue weighted by atomic mass is 16.2. The second-order valence-corrected chi connectivity index (χ2v) is 5.62. The van der Waals surface area contributed by atoms with E-state index in [9.17, 15) is 4.79 Å². The molecule has 0 bridgehead atoms. The summed E-state index contributed by atoms with van der Waals surface area (Å²) >= 11 is 0. The number of amides is 1. The molecule has 2 rings (SSSR count). The summed E-state index contributed by atoms with van der Waals surface area (Å²) in [7, 11) is 0. The fourth-order valence-corrected chi connectivity index (χ4v) is 2.30. The predicted octanol–water partition coefficient (Wildman–Crippen LogP) is 1.66. The van der Waals surface area contributed by atoms with Gasteiger partial charge in [0.05, 0.1) is 6.04 Å². The Morgan fingerprint density at radius 1 is 1.31 bits per heavy atom. The second kappa shape index (κ2) is 4.74. The first-order chi connectivity index (χ1) is 7.63. The van der Waals surface area contributed by atoms with Crippen LogP contribution in [0.3, 0.4) is 0 Å². The molecule has 3 nitrogen and oxygen atoms in total. The van der Waals surface area contributed by atoms with E-state index in [4.69, 9.17) is 5.73 Å². The monoisotopic (exact) mass is 224 g/mol. The van der Waals surface area contributed by atoms with Crippen molar-refractivity contribution >= 4 is 5.91 Å². The highest BCUT2D eigenvalue weighted by molar-refractivity contribution is 5.82. The van der Waals surface area contributed by atoms with Crippen LogP contribution in [0.5, 0.6) is 0 Å². The van der Waals surface area contributed by atoms with Gasteiger partial charge in [-0.15, -0.1) is 0 Å². The molecule has 16 heavy (non-hydrogen) atoms. The van der Waals surface area contributed by atoms with E-state index in [2.05, 4.69) is 12.2 Å². The van der Waals surface area contributed by atoms with Crippen molar-refractivity contribution in [2.45, 2.75) is 58.0 Å². The zero-order valence-electron chi connectivity index (χ0n) is 10.4. The van der Waals surface area contributed by atoms with Gasteiger partial charge in [-0.25, -0.2) is 0 Å². The molecule has 2 aliphatic rings. The van der Waals surface area contributed by atoms with Crippen LogP contribution < -0.4 is 11.1 Å². The van der Waals surface area contributed by atoms with Gasteiger partial charge in [-0.2, -0.15) is 0 Å². The van der Waals surface area contributed by atoms with Crippen LogP contribution in [0.15, 0.2) is 0 Å². The van der Waals surface area contributed by atoms with Crippen molar-refractivity contribution in [3.8, 4) is 0 Å². The number of nitrogens with one attached hydrogen (secondary N) is 1. The minimum absolute atomic E-state index is 0.0677. The summed E-state index contributed by atoms with van der Waals surface area (Å²) < 4.78 is 0. The molecule has 1 amide bonds. The Balaban J connectivity index is 1.84. The molecule has 3 heteroatoms. The molecule has 0 aliphatic heterocycles. The summed E-state index contributed by atoms with van der Waals surface area (Å²) in [5, 5.41) is 3.19. The van der Waals surface area contributed by atoms with E-state index in [-0.39, 0.29) is 17.9 Å². The maximum Gasteiger partial charge on any atom is 0.237 e. The third kappa shape index (κ3) is 2.76. The fourth-order valence-electron chi connectivity index (χ4n) is 2.30. The molecule has 2 fully saturated rings. The van der Waals surface area contributed by atoms with Crippen LogP contribution in [-0.4, -0.2) is 18.0 Å². The lowest BCUT2D eigenvalue weighted by Gasteiger charge is -2.23. The van der Waals surface area contributed by atoms with E-state index in [1.54, 1.807) is 0 Å². The fraction of sp³-hybridized carbons (Fsp3) is 0.923. The predicted molar refractivity (Wildman–Crippen MR) is 64.8 cm³/mol. The minimum atomic E-state index is -0.329. The second-order valence-electron chi connectivity index (χ2n) is 5.62. The first-order valence-corrected chi connectivity index (χ1v) is 6.69. The Kier molecular flexibility index (Phi) is 3.53. The van der Waals surface area contributed by atoms with E-state index in [0.29, 0.717) is 6.04 Å². The zero-order valence-corrected chi connectivity index (χ0v) is 10.4. The maximum absolute atomic E-state index is 12.0. The molecule has 2 aliphatic carbocycles. The lowest BCUT2D eigenvalue weighted by molar-refractivity contribution is -0.124. The minimum Gasteiger partial charge on any atom is -0.351 e. The largest absolute Gasteiger partial charge is 0.351 e. The molecule has 0 spiro atoms. The van der Waals surface area contributed by atoms with Gasteiger partial charge in [0, 0.05) is 6.04 Å². The smallest absolute Gasteiger partial charge is 0.237 e. The molecule has 92 valence electrons. The molecular formula is C13H24N2O. The third-order valence-corrected chi connectivity index (χ3v) is 4.13. The third-order valence-electron chi connectivity index (χ3n) is 4.13. The first-order valence-electron chi connectivity index (χ1n) is 6.69. The Labute approximate surface area is 98.2 Å². The average molecular weight is 224 g/mol. The van der Waals surface area contributed by atoms with E-state index in [1.807, 2.05) is 6.92 Å². The molecule has 2 saturated carbocycles. The lowest BCUT2D eigenvalue weighted by Crippen LogP contribution is -2.49. The molecule has 1 unspecified atom stereocenters. The molecule has 0 aromatic heterocycles. The highest BCUT2D eigenvalue weighted by Crippen LogP contribution is 2.44. The van der Waals surface area contributed by atoms with Crippen molar-refractivity contribution in [2.24, 2.45) is 23.5 Å². The standard InChI is InChI=1S/C13H24N2O/c1-3-8(2)11(14)13(16)15-12(9-4-5-9)10-6-7-10/h8-12H,3-7,14H2,1-2H3,(H,15,16)/t8?,11-/m0/s1. The van der Waals surface area contributed by atoms with Gasteiger partial charge < -0.3 is 11.1 Å². The lowest BCUT2D eigenvalue weighted by atomic mass is 9.98.